The van der Waals surface area contributed by atoms with Crippen LogP contribution in [0.25, 0.3) is 0 Å². The summed E-state index contributed by atoms with van der Waals surface area (Å²) < 4.78 is 4.83. The van der Waals surface area contributed by atoms with Crippen molar-refractivity contribution in [3.05, 3.63) is 52.8 Å². The van der Waals surface area contributed by atoms with Crippen LogP contribution in [0.2, 0.25) is 5.02 Å². The van der Waals surface area contributed by atoms with Crippen LogP contribution in [0, 0.1) is 0 Å². The van der Waals surface area contributed by atoms with Gasteiger partial charge >= 0.3 is 5.97 Å². The molecule has 1 aliphatic heterocycles. The molecule has 0 radical (unpaired) electrons. The number of benzene rings is 1. The molecule has 142 valence electrons. The normalized spacial score (nSPS) is 14.7. The Kier molecular flexibility index (Phi) is 6.24. The van der Waals surface area contributed by atoms with E-state index in [0.29, 0.717) is 12.4 Å². The molecule has 1 fully saturated rings. The van der Waals surface area contributed by atoms with E-state index in [4.69, 9.17) is 16.3 Å². The lowest BCUT2D eigenvalue weighted by Crippen LogP contribution is -2.43. The largest absolute Gasteiger partial charge is 0.467 e. The van der Waals surface area contributed by atoms with Crippen molar-refractivity contribution in [2.45, 2.75) is 25.3 Å². The lowest BCUT2D eigenvalue weighted by molar-refractivity contribution is -0.142. The molecule has 1 saturated heterocycles. The van der Waals surface area contributed by atoms with E-state index in [1.807, 2.05) is 35.2 Å². The Morgan fingerprint density at radius 1 is 1.26 bits per heavy atom. The summed E-state index contributed by atoms with van der Waals surface area (Å²) in [7, 11) is 1.29. The van der Waals surface area contributed by atoms with Crippen molar-refractivity contribution < 1.29 is 14.3 Å². The van der Waals surface area contributed by atoms with Gasteiger partial charge < -0.3 is 15.0 Å². The summed E-state index contributed by atoms with van der Waals surface area (Å²) in [4.78, 5) is 35.4. The van der Waals surface area contributed by atoms with Crippen molar-refractivity contribution in [2.24, 2.45) is 0 Å². The van der Waals surface area contributed by atoms with Crippen molar-refractivity contribution in [1.82, 2.24) is 15.3 Å². The first-order valence-corrected chi connectivity index (χ1v) is 9.16. The van der Waals surface area contributed by atoms with Crippen LogP contribution in [0.1, 0.15) is 28.9 Å². The molecule has 1 atom stereocenters. The average Bonchev–Trinajstić information content (AvgIpc) is 3.22. The van der Waals surface area contributed by atoms with Crippen molar-refractivity contribution in [1.29, 1.82) is 0 Å². The Labute approximate surface area is 162 Å². The minimum absolute atomic E-state index is 0.0514. The maximum atomic E-state index is 12.7. The topological polar surface area (TPSA) is 84.4 Å². The minimum Gasteiger partial charge on any atom is -0.467 e. The zero-order chi connectivity index (χ0) is 19.2. The highest BCUT2D eigenvalue weighted by atomic mass is 35.5. The Hall–Kier alpha value is -2.67. The van der Waals surface area contributed by atoms with E-state index in [9.17, 15) is 9.59 Å². The van der Waals surface area contributed by atoms with Crippen molar-refractivity contribution in [3.8, 4) is 0 Å². The van der Waals surface area contributed by atoms with Gasteiger partial charge in [-0.3, -0.25) is 4.79 Å². The summed E-state index contributed by atoms with van der Waals surface area (Å²) >= 11 is 6.13. The van der Waals surface area contributed by atoms with Gasteiger partial charge in [0.05, 0.1) is 18.3 Å². The minimum atomic E-state index is -0.842. The number of nitrogens with zero attached hydrogens (tertiary/aromatic N) is 3. The molecule has 7 nitrogen and oxygen atoms in total. The monoisotopic (exact) mass is 388 g/mol. The van der Waals surface area contributed by atoms with Crippen LogP contribution in [0.15, 0.2) is 36.5 Å². The fraction of sp³-hybridized carbons (Fsp3) is 0.368. The number of nitrogens with one attached hydrogen (secondary N) is 1. The first-order valence-electron chi connectivity index (χ1n) is 8.78. The smallest absolute Gasteiger partial charge is 0.328 e. The molecule has 2 aromatic rings. The summed E-state index contributed by atoms with van der Waals surface area (Å²) in [5.41, 5.74) is 0.954. The molecule has 3 rings (SSSR count). The number of esters is 1. The SMILES string of the molecule is COC(=O)[C@@H](Cc1ccccc1)NC(=O)c1nc(N2CCCC2)ncc1Cl. The third-order valence-electron chi connectivity index (χ3n) is 4.41. The van der Waals surface area contributed by atoms with Gasteiger partial charge in [-0.25, -0.2) is 14.8 Å². The number of amides is 1. The van der Waals surface area contributed by atoms with E-state index in [0.717, 1.165) is 31.5 Å². The van der Waals surface area contributed by atoms with Gasteiger partial charge in [0, 0.05) is 19.5 Å². The molecule has 2 heterocycles. The van der Waals surface area contributed by atoms with Crippen LogP contribution in [0.4, 0.5) is 5.95 Å². The van der Waals surface area contributed by atoms with E-state index in [-0.39, 0.29) is 10.7 Å². The molecule has 0 saturated carbocycles. The number of hydrogen-bond acceptors (Lipinski definition) is 6. The fourth-order valence-corrected chi connectivity index (χ4v) is 3.18. The molecule has 27 heavy (non-hydrogen) atoms. The van der Waals surface area contributed by atoms with E-state index in [2.05, 4.69) is 15.3 Å². The van der Waals surface area contributed by atoms with Crippen molar-refractivity contribution >= 4 is 29.4 Å². The molecule has 1 N–H and O–H groups in total. The van der Waals surface area contributed by atoms with Gasteiger partial charge in [0.15, 0.2) is 5.69 Å². The maximum Gasteiger partial charge on any atom is 0.328 e. The summed E-state index contributed by atoms with van der Waals surface area (Å²) in [6, 6.07) is 8.54. The van der Waals surface area contributed by atoms with Crippen LogP contribution in [-0.2, 0) is 16.0 Å². The van der Waals surface area contributed by atoms with Crippen molar-refractivity contribution in [3.63, 3.8) is 0 Å². The zero-order valence-corrected chi connectivity index (χ0v) is 15.8. The highest BCUT2D eigenvalue weighted by Gasteiger charge is 2.25. The Morgan fingerprint density at radius 2 is 1.96 bits per heavy atom. The fourth-order valence-electron chi connectivity index (χ4n) is 3.00. The second kappa shape index (κ2) is 8.81. The number of halogens is 1. The van der Waals surface area contributed by atoms with Gasteiger partial charge in [0.1, 0.15) is 6.04 Å². The second-order valence-corrected chi connectivity index (χ2v) is 6.71. The van der Waals surface area contributed by atoms with Crippen molar-refractivity contribution in [2.75, 3.05) is 25.1 Å². The van der Waals surface area contributed by atoms with Gasteiger partial charge in [-0.15, -0.1) is 0 Å². The van der Waals surface area contributed by atoms with Gasteiger partial charge in [-0.05, 0) is 18.4 Å². The number of carbonyl (C=O) groups excluding carboxylic acids is 2. The summed E-state index contributed by atoms with van der Waals surface area (Å²) in [6.07, 6.45) is 3.85. The molecule has 8 heteroatoms. The second-order valence-electron chi connectivity index (χ2n) is 6.30. The summed E-state index contributed by atoms with van der Waals surface area (Å²) in [6.45, 7) is 1.70. The predicted octanol–water partition coefficient (Wildman–Crippen LogP) is 2.24. The molecule has 0 bridgehead atoms. The lowest BCUT2D eigenvalue weighted by atomic mass is 10.1. The molecular formula is C19H21ClN4O3. The molecule has 0 unspecified atom stereocenters. The first-order chi connectivity index (χ1) is 13.1. The third kappa shape index (κ3) is 4.74. The van der Waals surface area contributed by atoms with E-state index in [1.54, 1.807) is 0 Å². The quantitative estimate of drug-likeness (QED) is 0.764. The van der Waals surface area contributed by atoms with Gasteiger partial charge in [-0.2, -0.15) is 0 Å². The molecule has 0 spiro atoms. The standard InChI is InChI=1S/C19H21ClN4O3/c1-27-18(26)15(11-13-7-3-2-4-8-13)22-17(25)16-14(20)12-21-19(23-16)24-9-5-6-10-24/h2-4,7-8,12,15H,5-6,9-11H2,1H3,(H,22,25)/t15-/m1/s1. The average molecular weight is 389 g/mol. The van der Waals surface area contributed by atoms with Crippen LogP contribution < -0.4 is 10.2 Å². The van der Waals surface area contributed by atoms with E-state index < -0.39 is 17.9 Å². The highest BCUT2D eigenvalue weighted by molar-refractivity contribution is 6.33. The Balaban J connectivity index is 1.78. The Morgan fingerprint density at radius 3 is 2.63 bits per heavy atom. The number of aromatic nitrogens is 2. The molecule has 1 aromatic carbocycles. The predicted molar refractivity (Wildman–Crippen MR) is 102 cm³/mol. The Bertz CT molecular complexity index is 810. The summed E-state index contributed by atoms with van der Waals surface area (Å²) in [5, 5.41) is 2.82. The summed E-state index contributed by atoms with van der Waals surface area (Å²) in [5.74, 6) is -0.592. The number of hydrogen-bond donors (Lipinski definition) is 1. The molecule has 1 aliphatic rings. The van der Waals surface area contributed by atoms with E-state index >= 15 is 0 Å². The highest BCUT2D eigenvalue weighted by Crippen LogP contribution is 2.20. The molecule has 1 aromatic heterocycles. The number of anilines is 1. The number of carbonyl (C=O) groups is 2. The van der Waals surface area contributed by atoms with Gasteiger partial charge in [0.25, 0.3) is 5.91 Å². The van der Waals surface area contributed by atoms with Crippen LogP contribution in [0.5, 0.6) is 0 Å². The number of rotatable bonds is 6. The van der Waals surface area contributed by atoms with Gasteiger partial charge in [0.2, 0.25) is 5.95 Å². The molecule has 1 amide bonds. The van der Waals surface area contributed by atoms with Crippen LogP contribution >= 0.6 is 11.6 Å². The molecular weight excluding hydrogens is 368 g/mol. The zero-order valence-electron chi connectivity index (χ0n) is 15.0. The maximum absolute atomic E-state index is 12.7. The lowest BCUT2D eigenvalue weighted by Gasteiger charge is -2.18. The van der Waals surface area contributed by atoms with Crippen LogP contribution in [0.3, 0.4) is 0 Å². The van der Waals surface area contributed by atoms with E-state index in [1.165, 1.54) is 13.3 Å². The molecule has 0 aliphatic carbocycles. The number of methoxy groups -OCH3 is 1. The third-order valence-corrected chi connectivity index (χ3v) is 4.69. The van der Waals surface area contributed by atoms with Gasteiger partial charge in [-0.1, -0.05) is 41.9 Å². The van der Waals surface area contributed by atoms with Crippen LogP contribution in [-0.4, -0.2) is 48.1 Å². The first kappa shape index (κ1) is 19.1. The number of ether oxygens (including phenoxy) is 1.